The van der Waals surface area contributed by atoms with Crippen LogP contribution in [0, 0.1) is 11.8 Å². The van der Waals surface area contributed by atoms with Gasteiger partial charge in [0, 0.05) is 5.92 Å². The number of benzene rings is 2. The predicted octanol–water partition coefficient (Wildman–Crippen LogP) is 6.90. The summed E-state index contributed by atoms with van der Waals surface area (Å²) >= 11 is 0. The van der Waals surface area contributed by atoms with Crippen LogP contribution in [0.15, 0.2) is 84.5 Å². The summed E-state index contributed by atoms with van der Waals surface area (Å²) in [7, 11) is 0. The summed E-state index contributed by atoms with van der Waals surface area (Å²) in [5.74, 6) is 1.57. The van der Waals surface area contributed by atoms with E-state index >= 15 is 0 Å². The van der Waals surface area contributed by atoms with Gasteiger partial charge in [-0.2, -0.15) is 0 Å². The van der Waals surface area contributed by atoms with Crippen molar-refractivity contribution < 1.29 is 0 Å². The summed E-state index contributed by atoms with van der Waals surface area (Å²) in [6, 6.07) is 17.9. The van der Waals surface area contributed by atoms with Gasteiger partial charge in [-0.1, -0.05) is 84.8 Å². The lowest BCUT2D eigenvalue weighted by Gasteiger charge is -2.31. The molecule has 126 valence electrons. The Morgan fingerprint density at radius 2 is 1.64 bits per heavy atom. The van der Waals surface area contributed by atoms with Crippen molar-refractivity contribution in [2.45, 2.75) is 32.6 Å². The molecule has 2 aliphatic rings. The lowest BCUT2D eigenvalue weighted by Crippen LogP contribution is -2.21. The molecule has 0 heteroatoms. The van der Waals surface area contributed by atoms with Crippen molar-refractivity contribution in [3.8, 4) is 11.1 Å². The number of rotatable bonds is 5. The Morgan fingerprint density at radius 1 is 1.04 bits per heavy atom. The summed E-state index contributed by atoms with van der Waals surface area (Å²) in [5.41, 5.74) is 8.89. The topological polar surface area (TPSA) is 0 Å². The molecule has 2 aromatic carbocycles. The second-order valence-corrected chi connectivity index (χ2v) is 7.46. The quantitative estimate of drug-likeness (QED) is 0.524. The van der Waals surface area contributed by atoms with Gasteiger partial charge in [-0.15, -0.1) is 6.58 Å². The normalized spacial score (nSPS) is 18.2. The average molecular weight is 326 g/mol. The Morgan fingerprint density at radius 3 is 2.16 bits per heavy atom. The molecule has 2 atom stereocenters. The van der Waals surface area contributed by atoms with Crippen LogP contribution >= 0.6 is 0 Å². The first kappa shape index (κ1) is 16.1. The molecule has 0 aromatic heterocycles. The van der Waals surface area contributed by atoms with Crippen LogP contribution in [0.5, 0.6) is 0 Å². The third kappa shape index (κ3) is 2.61. The minimum Gasteiger partial charge on any atom is -0.103 e. The van der Waals surface area contributed by atoms with Crippen LogP contribution in [-0.4, -0.2) is 0 Å². The molecule has 0 aliphatic heterocycles. The SMILES string of the molecule is C=CCC(C1=C(C)C=CC1)C(C)C1c2ccccc2-c2ccccc21. The molecule has 0 N–H and O–H groups in total. The van der Waals surface area contributed by atoms with Gasteiger partial charge >= 0.3 is 0 Å². The van der Waals surface area contributed by atoms with Gasteiger partial charge in [0.15, 0.2) is 0 Å². The van der Waals surface area contributed by atoms with Gasteiger partial charge in [-0.05, 0) is 53.9 Å². The highest BCUT2D eigenvalue weighted by atomic mass is 14.4. The third-order valence-electron chi connectivity index (χ3n) is 6.12. The van der Waals surface area contributed by atoms with Crippen molar-refractivity contribution in [3.63, 3.8) is 0 Å². The van der Waals surface area contributed by atoms with Gasteiger partial charge in [0.1, 0.15) is 0 Å². The number of hydrogen-bond donors (Lipinski definition) is 0. The Labute approximate surface area is 151 Å². The van der Waals surface area contributed by atoms with Crippen LogP contribution in [0.1, 0.15) is 43.7 Å². The Hall–Kier alpha value is -2.34. The number of hydrogen-bond acceptors (Lipinski definition) is 0. The van der Waals surface area contributed by atoms with Gasteiger partial charge in [0.05, 0.1) is 0 Å². The standard InChI is InChI=1S/C25H26/c1-4-10-20(19-16-9-11-17(19)2)18(3)25-23-14-7-5-12-21(23)22-13-6-8-15-24(22)25/h4-9,11-15,18,20,25H,1,10,16H2,2-3H3. The number of fused-ring (bicyclic) bond motifs is 3. The van der Waals surface area contributed by atoms with Crippen molar-refractivity contribution >= 4 is 0 Å². The van der Waals surface area contributed by atoms with Crippen molar-refractivity contribution in [1.82, 2.24) is 0 Å². The van der Waals surface area contributed by atoms with Crippen LogP contribution in [0.25, 0.3) is 11.1 Å². The maximum atomic E-state index is 4.05. The molecule has 0 radical (unpaired) electrons. The maximum Gasteiger partial charge on any atom is 0.0133 e. The van der Waals surface area contributed by atoms with E-state index in [0.29, 0.717) is 17.8 Å². The van der Waals surface area contributed by atoms with E-state index in [1.807, 2.05) is 0 Å². The van der Waals surface area contributed by atoms with Crippen molar-refractivity contribution in [3.05, 3.63) is 95.6 Å². The minimum atomic E-state index is 0.471. The lowest BCUT2D eigenvalue weighted by atomic mass is 9.72. The van der Waals surface area contributed by atoms with E-state index in [1.165, 1.54) is 27.8 Å². The van der Waals surface area contributed by atoms with E-state index in [4.69, 9.17) is 0 Å². The molecule has 0 nitrogen and oxygen atoms in total. The molecular formula is C25H26. The fourth-order valence-corrected chi connectivity index (χ4v) is 4.92. The molecule has 2 unspecified atom stereocenters. The van der Waals surface area contributed by atoms with Gasteiger partial charge in [0.25, 0.3) is 0 Å². The average Bonchev–Trinajstić information content (AvgIpc) is 3.20. The van der Waals surface area contributed by atoms with Gasteiger partial charge in [0.2, 0.25) is 0 Å². The summed E-state index contributed by atoms with van der Waals surface area (Å²) in [4.78, 5) is 0. The molecule has 2 aromatic rings. The van der Waals surface area contributed by atoms with Crippen LogP contribution < -0.4 is 0 Å². The summed E-state index contributed by atoms with van der Waals surface area (Å²) < 4.78 is 0. The second-order valence-electron chi connectivity index (χ2n) is 7.46. The first-order valence-electron chi connectivity index (χ1n) is 9.37. The third-order valence-corrected chi connectivity index (χ3v) is 6.12. The molecule has 0 fully saturated rings. The summed E-state index contributed by atoms with van der Waals surface area (Å²) in [6.45, 7) is 8.75. The van der Waals surface area contributed by atoms with Gasteiger partial charge < -0.3 is 0 Å². The van der Waals surface area contributed by atoms with E-state index in [0.717, 1.165) is 12.8 Å². The lowest BCUT2D eigenvalue weighted by molar-refractivity contribution is 0.372. The fourth-order valence-electron chi connectivity index (χ4n) is 4.92. The number of allylic oxidation sites excluding steroid dienone is 5. The molecule has 0 saturated carbocycles. The fraction of sp³-hybridized carbons (Fsp3) is 0.280. The van der Waals surface area contributed by atoms with E-state index < -0.39 is 0 Å². The molecule has 0 spiro atoms. The zero-order chi connectivity index (χ0) is 17.4. The smallest absolute Gasteiger partial charge is 0.0133 e. The molecular weight excluding hydrogens is 300 g/mol. The minimum absolute atomic E-state index is 0.471. The maximum absolute atomic E-state index is 4.05. The molecule has 0 heterocycles. The predicted molar refractivity (Wildman–Crippen MR) is 108 cm³/mol. The van der Waals surface area contributed by atoms with Gasteiger partial charge in [-0.3, -0.25) is 0 Å². The highest BCUT2D eigenvalue weighted by molar-refractivity contribution is 5.78. The van der Waals surface area contributed by atoms with Crippen molar-refractivity contribution in [2.24, 2.45) is 11.8 Å². The summed E-state index contributed by atoms with van der Waals surface area (Å²) in [6.07, 6.45) is 8.85. The molecule has 0 amide bonds. The second kappa shape index (κ2) is 6.52. The van der Waals surface area contributed by atoms with E-state index in [1.54, 1.807) is 5.57 Å². The Kier molecular flexibility index (Phi) is 4.21. The van der Waals surface area contributed by atoms with Crippen LogP contribution in [-0.2, 0) is 0 Å². The van der Waals surface area contributed by atoms with Crippen LogP contribution in [0.2, 0.25) is 0 Å². The van der Waals surface area contributed by atoms with Gasteiger partial charge in [-0.25, -0.2) is 0 Å². The Bertz CT molecular complexity index is 820. The first-order valence-corrected chi connectivity index (χ1v) is 9.37. The van der Waals surface area contributed by atoms with Crippen LogP contribution in [0.4, 0.5) is 0 Å². The van der Waals surface area contributed by atoms with Crippen LogP contribution in [0.3, 0.4) is 0 Å². The van der Waals surface area contributed by atoms with E-state index in [9.17, 15) is 0 Å². The highest BCUT2D eigenvalue weighted by Gasteiger charge is 2.36. The molecule has 0 bridgehead atoms. The first-order chi connectivity index (χ1) is 12.2. The monoisotopic (exact) mass is 326 g/mol. The Balaban J connectivity index is 1.80. The van der Waals surface area contributed by atoms with E-state index in [2.05, 4.69) is 87.2 Å². The molecule has 4 rings (SSSR count). The zero-order valence-corrected chi connectivity index (χ0v) is 15.2. The molecule has 0 saturated heterocycles. The highest BCUT2D eigenvalue weighted by Crippen LogP contribution is 2.51. The summed E-state index contributed by atoms with van der Waals surface area (Å²) in [5, 5.41) is 0. The van der Waals surface area contributed by atoms with Crippen molar-refractivity contribution in [1.29, 1.82) is 0 Å². The molecule has 25 heavy (non-hydrogen) atoms. The molecule has 2 aliphatic carbocycles. The zero-order valence-electron chi connectivity index (χ0n) is 15.2. The largest absolute Gasteiger partial charge is 0.103 e. The van der Waals surface area contributed by atoms with Crippen molar-refractivity contribution in [2.75, 3.05) is 0 Å². The van der Waals surface area contributed by atoms with E-state index in [-0.39, 0.29) is 0 Å².